The Morgan fingerprint density at radius 1 is 1.23 bits per heavy atom. The van der Waals surface area contributed by atoms with E-state index in [-0.39, 0.29) is 5.54 Å². The van der Waals surface area contributed by atoms with Crippen molar-refractivity contribution in [1.82, 2.24) is 24.1 Å². The Labute approximate surface area is 195 Å². The molecule has 0 radical (unpaired) electrons. The number of ether oxygens (including phenoxy) is 2. The van der Waals surface area contributed by atoms with Gasteiger partial charge in [-0.2, -0.15) is 14.7 Å². The van der Waals surface area contributed by atoms with Crippen LogP contribution in [0, 0.1) is 0 Å². The molecule has 11 heteroatoms. The first-order valence-electron chi connectivity index (χ1n) is 10.6. The van der Waals surface area contributed by atoms with Crippen molar-refractivity contribution in [1.29, 1.82) is 0 Å². The highest BCUT2D eigenvalue weighted by Crippen LogP contribution is 2.37. The SMILES string of the molecule is CC1(C)COCCN1c1cc(N2CC3CC(C2)O3)nc2c(-c3ccnn3PI)cnn12. The number of anilines is 2. The third-order valence-corrected chi connectivity index (χ3v) is 8.33. The summed E-state index contributed by atoms with van der Waals surface area (Å²) in [5.74, 6) is 2.05. The average molecular weight is 553 g/mol. The van der Waals surface area contributed by atoms with E-state index in [1.54, 1.807) is 0 Å². The minimum absolute atomic E-state index is 0.131. The first-order valence-corrected chi connectivity index (χ1v) is 14.7. The van der Waals surface area contributed by atoms with E-state index in [1.807, 2.05) is 27.4 Å². The Balaban J connectivity index is 1.53. The summed E-state index contributed by atoms with van der Waals surface area (Å²) >= 11 is 2.36. The van der Waals surface area contributed by atoms with Crippen LogP contribution in [0.5, 0.6) is 0 Å². The Hall–Kier alpha value is -1.49. The lowest BCUT2D eigenvalue weighted by Gasteiger charge is -2.48. The lowest BCUT2D eigenvalue weighted by Crippen LogP contribution is -2.57. The van der Waals surface area contributed by atoms with Gasteiger partial charge in [-0.25, -0.2) is 9.44 Å². The van der Waals surface area contributed by atoms with Crippen LogP contribution in [-0.2, 0) is 9.47 Å². The fourth-order valence-electron chi connectivity index (χ4n) is 4.87. The number of piperidine rings is 1. The summed E-state index contributed by atoms with van der Waals surface area (Å²) in [5.41, 5.74) is 2.79. The second-order valence-electron chi connectivity index (χ2n) is 9.02. The topological polar surface area (TPSA) is 72.9 Å². The molecule has 3 atom stereocenters. The normalized spacial score (nSPS) is 25.5. The maximum absolute atomic E-state index is 5.87. The number of halogens is 1. The third kappa shape index (κ3) is 3.34. The van der Waals surface area contributed by atoms with Crippen LogP contribution in [0.4, 0.5) is 11.6 Å². The molecule has 4 fully saturated rings. The average Bonchev–Trinajstić information content (AvgIpc) is 3.38. The molecule has 0 aliphatic carbocycles. The number of fused-ring (bicyclic) bond motifs is 3. The van der Waals surface area contributed by atoms with Crippen molar-refractivity contribution >= 4 is 45.7 Å². The van der Waals surface area contributed by atoms with Gasteiger partial charge in [-0.15, -0.1) is 0 Å². The van der Waals surface area contributed by atoms with Crippen LogP contribution in [0.15, 0.2) is 24.5 Å². The Morgan fingerprint density at radius 3 is 2.77 bits per heavy atom. The number of morpholine rings is 2. The molecule has 4 saturated heterocycles. The molecule has 4 aliphatic rings. The molecule has 3 aromatic heterocycles. The van der Waals surface area contributed by atoms with Crippen molar-refractivity contribution in [3.05, 3.63) is 24.5 Å². The zero-order valence-corrected chi connectivity index (χ0v) is 20.7. The molecule has 0 aromatic carbocycles. The molecule has 9 nitrogen and oxygen atoms in total. The lowest BCUT2D eigenvalue weighted by molar-refractivity contribution is -0.133. The largest absolute Gasteiger partial charge is 0.377 e. The molecule has 0 saturated carbocycles. The van der Waals surface area contributed by atoms with Crippen molar-refractivity contribution in [2.75, 3.05) is 42.6 Å². The lowest BCUT2D eigenvalue weighted by atomic mass is 9.99. The summed E-state index contributed by atoms with van der Waals surface area (Å²) in [5, 5.41) is 9.25. The highest BCUT2D eigenvalue weighted by atomic mass is 127. The fourth-order valence-corrected chi connectivity index (χ4v) is 6.42. The van der Waals surface area contributed by atoms with Crippen LogP contribution in [0.2, 0.25) is 0 Å². The number of hydrogen-bond donors (Lipinski definition) is 0. The summed E-state index contributed by atoms with van der Waals surface area (Å²) < 4.78 is 15.6. The van der Waals surface area contributed by atoms with Crippen LogP contribution < -0.4 is 9.80 Å². The minimum atomic E-state index is -0.131. The summed E-state index contributed by atoms with van der Waals surface area (Å²) in [6.07, 6.45) is 6.09. The predicted molar refractivity (Wildman–Crippen MR) is 130 cm³/mol. The van der Waals surface area contributed by atoms with Crippen LogP contribution in [0.3, 0.4) is 0 Å². The Kier molecular flexibility index (Phi) is 4.90. The molecule has 7 heterocycles. The van der Waals surface area contributed by atoms with E-state index in [1.165, 1.54) is 0 Å². The molecular formula is C20H25IN7O2P. The van der Waals surface area contributed by atoms with Gasteiger partial charge in [-0.3, -0.25) is 0 Å². The molecule has 0 amide bonds. The first-order chi connectivity index (χ1) is 15.0. The highest BCUT2D eigenvalue weighted by molar-refractivity contribution is 14.2. The van der Waals surface area contributed by atoms with Gasteiger partial charge in [-0.05, 0) is 42.0 Å². The van der Waals surface area contributed by atoms with E-state index in [0.29, 0.717) is 31.8 Å². The Bertz CT molecular complexity index is 1120. The zero-order valence-electron chi connectivity index (χ0n) is 17.5. The zero-order chi connectivity index (χ0) is 21.2. The maximum atomic E-state index is 5.87. The number of aromatic nitrogens is 5. The van der Waals surface area contributed by atoms with Crippen LogP contribution in [0.25, 0.3) is 16.9 Å². The van der Waals surface area contributed by atoms with Gasteiger partial charge in [0.25, 0.3) is 0 Å². The summed E-state index contributed by atoms with van der Waals surface area (Å²) in [6.45, 7) is 8.44. The van der Waals surface area contributed by atoms with Gasteiger partial charge in [-0.1, -0.05) is 0 Å². The van der Waals surface area contributed by atoms with Crippen molar-refractivity contribution in [3.8, 4) is 11.3 Å². The van der Waals surface area contributed by atoms with E-state index in [2.05, 4.69) is 56.9 Å². The van der Waals surface area contributed by atoms with Crippen LogP contribution in [-0.4, -0.2) is 74.7 Å². The minimum Gasteiger partial charge on any atom is -0.377 e. The van der Waals surface area contributed by atoms with E-state index >= 15 is 0 Å². The van der Waals surface area contributed by atoms with E-state index < -0.39 is 0 Å². The van der Waals surface area contributed by atoms with Crippen molar-refractivity contribution in [3.63, 3.8) is 0 Å². The van der Waals surface area contributed by atoms with Gasteiger partial charge in [0.15, 0.2) is 5.65 Å². The van der Waals surface area contributed by atoms with Gasteiger partial charge >= 0.3 is 0 Å². The van der Waals surface area contributed by atoms with Crippen LogP contribution in [0.1, 0.15) is 20.3 Å². The van der Waals surface area contributed by atoms with E-state index in [4.69, 9.17) is 19.6 Å². The van der Waals surface area contributed by atoms with Gasteiger partial charge < -0.3 is 19.3 Å². The smallest absolute Gasteiger partial charge is 0.169 e. The molecule has 2 bridgehead atoms. The third-order valence-electron chi connectivity index (χ3n) is 6.44. The van der Waals surface area contributed by atoms with E-state index in [0.717, 1.165) is 54.6 Å². The molecule has 3 unspecified atom stereocenters. The number of nitrogens with zero attached hydrogens (tertiary/aromatic N) is 7. The van der Waals surface area contributed by atoms with Gasteiger partial charge in [0.1, 0.15) is 11.6 Å². The molecule has 31 heavy (non-hydrogen) atoms. The molecular weight excluding hydrogens is 528 g/mol. The van der Waals surface area contributed by atoms with Gasteiger partial charge in [0, 0.05) is 38.3 Å². The molecule has 3 aromatic rings. The number of hydrogen-bond acceptors (Lipinski definition) is 7. The first kappa shape index (κ1) is 20.1. The summed E-state index contributed by atoms with van der Waals surface area (Å²) in [7, 11) is 0. The van der Waals surface area contributed by atoms with Crippen LogP contribution >= 0.6 is 28.4 Å². The summed E-state index contributed by atoms with van der Waals surface area (Å²) in [6, 6.07) is 4.23. The summed E-state index contributed by atoms with van der Waals surface area (Å²) in [4.78, 5) is 9.90. The van der Waals surface area contributed by atoms with Gasteiger partial charge in [0.2, 0.25) is 0 Å². The molecule has 0 spiro atoms. The Morgan fingerprint density at radius 2 is 2.03 bits per heavy atom. The van der Waals surface area contributed by atoms with Gasteiger partial charge in [0.05, 0.1) is 54.8 Å². The second kappa shape index (κ2) is 7.54. The molecule has 0 N–H and O–H groups in total. The monoisotopic (exact) mass is 553 g/mol. The predicted octanol–water partition coefficient (Wildman–Crippen LogP) is 2.98. The highest BCUT2D eigenvalue weighted by Gasteiger charge is 2.40. The van der Waals surface area contributed by atoms with Crippen molar-refractivity contribution < 1.29 is 9.47 Å². The van der Waals surface area contributed by atoms with E-state index in [9.17, 15) is 0 Å². The molecule has 164 valence electrons. The maximum Gasteiger partial charge on any atom is 0.169 e. The second-order valence-corrected chi connectivity index (χ2v) is 11.1. The molecule has 4 aliphatic heterocycles. The van der Waals surface area contributed by atoms with Crippen molar-refractivity contribution in [2.45, 2.75) is 38.0 Å². The van der Waals surface area contributed by atoms with Crippen molar-refractivity contribution in [2.24, 2.45) is 0 Å². The fraction of sp³-hybridized carbons (Fsp3) is 0.550. The quantitative estimate of drug-likeness (QED) is 0.364. The number of rotatable bonds is 4. The standard InChI is InChI=1S/C20H25IN7O2P/c1-20(2)12-29-6-5-26(20)18-8-17(25-10-13-7-14(11-25)30-13)24-19-15(9-23-27(18)19)16-3-4-22-28(16)31-21/h3-4,8-9,13-14,31H,5-7,10-12H2,1-2H3. The molecule has 7 rings (SSSR count).